The van der Waals surface area contributed by atoms with Crippen molar-refractivity contribution in [2.45, 2.75) is 52.5 Å². The van der Waals surface area contributed by atoms with Gasteiger partial charge in [-0.1, -0.05) is 6.92 Å². The van der Waals surface area contributed by atoms with Crippen molar-refractivity contribution < 1.29 is 4.74 Å². The van der Waals surface area contributed by atoms with Crippen LogP contribution in [0.3, 0.4) is 0 Å². The van der Waals surface area contributed by atoms with Crippen molar-refractivity contribution in [2.24, 2.45) is 5.92 Å². The third-order valence-corrected chi connectivity index (χ3v) is 3.88. The molecular formula is C16H27N3O. The van der Waals surface area contributed by atoms with Gasteiger partial charge < -0.3 is 10.1 Å². The molecular weight excluding hydrogens is 250 g/mol. The van der Waals surface area contributed by atoms with E-state index in [4.69, 9.17) is 4.74 Å². The summed E-state index contributed by atoms with van der Waals surface area (Å²) in [6.07, 6.45) is 4.55. The topological polar surface area (TPSA) is 47.0 Å². The van der Waals surface area contributed by atoms with Crippen molar-refractivity contribution in [3.63, 3.8) is 0 Å². The monoisotopic (exact) mass is 277 g/mol. The lowest BCUT2D eigenvalue weighted by Gasteiger charge is -2.16. The zero-order valence-electron chi connectivity index (χ0n) is 13.2. The van der Waals surface area contributed by atoms with E-state index in [9.17, 15) is 0 Å². The zero-order chi connectivity index (χ0) is 14.5. The first-order valence-corrected chi connectivity index (χ1v) is 7.65. The number of rotatable bonds is 8. The van der Waals surface area contributed by atoms with Crippen LogP contribution in [0.5, 0.6) is 0 Å². The molecule has 4 heteroatoms. The Balaban J connectivity index is 1.95. The van der Waals surface area contributed by atoms with Crippen LogP contribution in [0.15, 0.2) is 0 Å². The first-order chi connectivity index (χ1) is 9.60. The number of methoxy groups -OCH3 is 1. The average molecular weight is 277 g/mol. The van der Waals surface area contributed by atoms with Gasteiger partial charge in [0, 0.05) is 31.0 Å². The number of hydrogen-bond acceptors (Lipinski definition) is 4. The smallest absolute Gasteiger partial charge is 0.131 e. The molecule has 0 aromatic carbocycles. The SMILES string of the molecule is COCCc1nc(C)c(CC(C)CNC2CC2)c(C)n1. The van der Waals surface area contributed by atoms with Gasteiger partial charge in [0.15, 0.2) is 0 Å². The molecule has 0 amide bonds. The summed E-state index contributed by atoms with van der Waals surface area (Å²) < 4.78 is 5.09. The highest BCUT2D eigenvalue weighted by molar-refractivity contribution is 5.25. The second-order valence-electron chi connectivity index (χ2n) is 6.02. The predicted octanol–water partition coefficient (Wildman–Crippen LogP) is 2.21. The normalized spacial score (nSPS) is 16.4. The lowest BCUT2D eigenvalue weighted by Crippen LogP contribution is -2.25. The van der Waals surface area contributed by atoms with Gasteiger partial charge in [0.2, 0.25) is 0 Å². The fourth-order valence-corrected chi connectivity index (χ4v) is 2.49. The molecule has 1 atom stereocenters. The molecule has 1 aromatic rings. The van der Waals surface area contributed by atoms with Crippen LogP contribution >= 0.6 is 0 Å². The van der Waals surface area contributed by atoms with Gasteiger partial charge in [-0.2, -0.15) is 0 Å². The van der Waals surface area contributed by atoms with E-state index in [1.165, 1.54) is 18.4 Å². The van der Waals surface area contributed by atoms with E-state index in [1.54, 1.807) is 7.11 Å². The van der Waals surface area contributed by atoms with E-state index < -0.39 is 0 Å². The summed E-state index contributed by atoms with van der Waals surface area (Å²) in [5, 5.41) is 3.60. The fourth-order valence-electron chi connectivity index (χ4n) is 2.49. The maximum Gasteiger partial charge on any atom is 0.131 e. The molecule has 1 saturated carbocycles. The van der Waals surface area contributed by atoms with E-state index in [-0.39, 0.29) is 0 Å². The average Bonchev–Trinajstić information content (AvgIpc) is 3.22. The molecule has 1 aromatic heterocycles. The fraction of sp³-hybridized carbons (Fsp3) is 0.750. The van der Waals surface area contributed by atoms with Gasteiger partial charge in [-0.25, -0.2) is 9.97 Å². The van der Waals surface area contributed by atoms with Gasteiger partial charge in [-0.3, -0.25) is 0 Å². The van der Waals surface area contributed by atoms with Gasteiger partial charge in [0.25, 0.3) is 0 Å². The molecule has 0 bridgehead atoms. The summed E-state index contributed by atoms with van der Waals surface area (Å²) in [5.41, 5.74) is 3.57. The summed E-state index contributed by atoms with van der Waals surface area (Å²) in [6, 6.07) is 0.785. The van der Waals surface area contributed by atoms with Crippen molar-refractivity contribution in [2.75, 3.05) is 20.3 Å². The molecule has 1 N–H and O–H groups in total. The van der Waals surface area contributed by atoms with Gasteiger partial charge in [0.05, 0.1) is 6.61 Å². The van der Waals surface area contributed by atoms with E-state index >= 15 is 0 Å². The van der Waals surface area contributed by atoms with Crippen LogP contribution in [0.4, 0.5) is 0 Å². The minimum Gasteiger partial charge on any atom is -0.384 e. The Morgan fingerprint density at radius 3 is 2.45 bits per heavy atom. The summed E-state index contributed by atoms with van der Waals surface area (Å²) in [5.74, 6) is 1.52. The number of nitrogens with zero attached hydrogens (tertiary/aromatic N) is 2. The van der Waals surface area contributed by atoms with Gasteiger partial charge in [-0.15, -0.1) is 0 Å². The third-order valence-electron chi connectivity index (χ3n) is 3.88. The number of nitrogens with one attached hydrogen (secondary N) is 1. The Kier molecular flexibility index (Phi) is 5.49. The molecule has 1 unspecified atom stereocenters. The maximum absolute atomic E-state index is 5.09. The molecule has 1 aliphatic carbocycles. The number of aryl methyl sites for hydroxylation is 2. The highest BCUT2D eigenvalue weighted by atomic mass is 16.5. The zero-order valence-corrected chi connectivity index (χ0v) is 13.2. The minimum absolute atomic E-state index is 0.626. The molecule has 0 radical (unpaired) electrons. The van der Waals surface area contributed by atoms with E-state index in [1.807, 2.05) is 0 Å². The van der Waals surface area contributed by atoms with Crippen LogP contribution in [0.25, 0.3) is 0 Å². The summed E-state index contributed by atoms with van der Waals surface area (Å²) in [6.45, 7) is 8.27. The van der Waals surface area contributed by atoms with Crippen molar-refractivity contribution in [3.05, 3.63) is 22.8 Å². The summed E-state index contributed by atoms with van der Waals surface area (Å²) >= 11 is 0. The van der Waals surface area contributed by atoms with E-state index in [0.29, 0.717) is 12.5 Å². The van der Waals surface area contributed by atoms with Crippen LogP contribution in [-0.4, -0.2) is 36.3 Å². The van der Waals surface area contributed by atoms with Crippen LogP contribution in [0.2, 0.25) is 0 Å². The van der Waals surface area contributed by atoms with Crippen LogP contribution in [0, 0.1) is 19.8 Å². The first-order valence-electron chi connectivity index (χ1n) is 7.65. The van der Waals surface area contributed by atoms with Crippen LogP contribution < -0.4 is 5.32 Å². The standard InChI is InChI=1S/C16H27N3O/c1-11(10-17-14-5-6-14)9-15-12(2)18-16(7-8-20-4)19-13(15)3/h11,14,17H,5-10H2,1-4H3. The molecule has 112 valence electrons. The molecule has 0 saturated heterocycles. The van der Waals surface area contributed by atoms with Crippen molar-refractivity contribution in [1.82, 2.24) is 15.3 Å². The molecule has 0 aliphatic heterocycles. The Hall–Kier alpha value is -1.00. The highest BCUT2D eigenvalue weighted by Crippen LogP contribution is 2.20. The molecule has 20 heavy (non-hydrogen) atoms. The molecule has 1 heterocycles. The Bertz CT molecular complexity index is 420. The summed E-state index contributed by atoms with van der Waals surface area (Å²) in [4.78, 5) is 9.24. The number of hydrogen-bond donors (Lipinski definition) is 1. The van der Waals surface area contributed by atoms with Gasteiger partial charge in [-0.05, 0) is 51.1 Å². The van der Waals surface area contributed by atoms with Gasteiger partial charge in [0.1, 0.15) is 5.82 Å². The minimum atomic E-state index is 0.626. The van der Waals surface area contributed by atoms with Crippen molar-refractivity contribution in [3.8, 4) is 0 Å². The second kappa shape index (κ2) is 7.14. The molecule has 1 fully saturated rings. The van der Waals surface area contributed by atoms with Gasteiger partial charge >= 0.3 is 0 Å². The predicted molar refractivity (Wildman–Crippen MR) is 81.0 cm³/mol. The number of aromatic nitrogens is 2. The molecule has 0 spiro atoms. The Morgan fingerprint density at radius 2 is 1.90 bits per heavy atom. The first kappa shape index (κ1) is 15.4. The third kappa shape index (κ3) is 4.53. The lowest BCUT2D eigenvalue weighted by molar-refractivity contribution is 0.200. The number of ether oxygens (including phenoxy) is 1. The Morgan fingerprint density at radius 1 is 1.25 bits per heavy atom. The maximum atomic E-state index is 5.09. The molecule has 1 aliphatic rings. The molecule has 4 nitrogen and oxygen atoms in total. The van der Waals surface area contributed by atoms with E-state index in [2.05, 4.69) is 36.1 Å². The van der Waals surface area contributed by atoms with Crippen molar-refractivity contribution in [1.29, 1.82) is 0 Å². The van der Waals surface area contributed by atoms with E-state index in [0.717, 1.165) is 42.6 Å². The Labute approximate surface area is 122 Å². The second-order valence-corrected chi connectivity index (χ2v) is 6.02. The van der Waals surface area contributed by atoms with Crippen molar-refractivity contribution >= 4 is 0 Å². The lowest BCUT2D eigenvalue weighted by atomic mass is 9.98. The van der Waals surface area contributed by atoms with Crippen LogP contribution in [-0.2, 0) is 17.6 Å². The van der Waals surface area contributed by atoms with Crippen LogP contribution in [0.1, 0.15) is 42.5 Å². The largest absolute Gasteiger partial charge is 0.384 e. The highest BCUT2D eigenvalue weighted by Gasteiger charge is 2.21. The molecule has 2 rings (SSSR count). The quantitative estimate of drug-likeness (QED) is 0.791. The summed E-state index contributed by atoms with van der Waals surface area (Å²) in [7, 11) is 1.71.